The summed E-state index contributed by atoms with van der Waals surface area (Å²) < 4.78 is 0. The fourth-order valence-corrected chi connectivity index (χ4v) is 5.28. The zero-order valence-electron chi connectivity index (χ0n) is 18.4. The van der Waals surface area contributed by atoms with Gasteiger partial charge in [0, 0.05) is 40.8 Å². The van der Waals surface area contributed by atoms with Crippen LogP contribution in [0.2, 0.25) is 0 Å². The van der Waals surface area contributed by atoms with Crippen molar-refractivity contribution >= 4 is 41.8 Å². The van der Waals surface area contributed by atoms with Crippen molar-refractivity contribution in [3.05, 3.63) is 0 Å². The second-order valence-corrected chi connectivity index (χ2v) is 9.42. The molecule has 2 N–H and O–H groups in total. The highest BCUT2D eigenvalue weighted by atomic mass is 127. The van der Waals surface area contributed by atoms with Crippen molar-refractivity contribution in [3.63, 3.8) is 0 Å². The molecule has 0 aliphatic heterocycles. The lowest BCUT2D eigenvalue weighted by atomic mass is 9.84. The normalized spacial score (nSPS) is 27.3. The minimum absolute atomic E-state index is 0. The molecule has 29 heavy (non-hydrogen) atoms. The van der Waals surface area contributed by atoms with E-state index in [1.165, 1.54) is 25.7 Å². The molecule has 3 saturated carbocycles. The van der Waals surface area contributed by atoms with Crippen LogP contribution in [0.3, 0.4) is 0 Å². The Kier molecular flexibility index (Phi) is 8.60. The highest BCUT2D eigenvalue weighted by Gasteiger charge is 2.43. The highest BCUT2D eigenvalue weighted by Crippen LogP contribution is 2.44. The lowest BCUT2D eigenvalue weighted by Crippen LogP contribution is -2.52. The zero-order chi connectivity index (χ0) is 20.3. The molecule has 2 bridgehead atoms. The van der Waals surface area contributed by atoms with Crippen LogP contribution in [0.25, 0.3) is 0 Å². The molecule has 0 aromatic carbocycles. The Morgan fingerprint density at radius 2 is 1.72 bits per heavy atom. The molecule has 0 heterocycles. The summed E-state index contributed by atoms with van der Waals surface area (Å²) in [5.41, 5.74) is -0.355. The zero-order valence-corrected chi connectivity index (χ0v) is 20.7. The van der Waals surface area contributed by atoms with E-state index in [1.807, 2.05) is 14.1 Å². The van der Waals surface area contributed by atoms with Gasteiger partial charge in [-0.15, -0.1) is 24.0 Å². The van der Waals surface area contributed by atoms with Gasteiger partial charge in [0.2, 0.25) is 11.8 Å². The number of amides is 2. The van der Waals surface area contributed by atoms with Crippen molar-refractivity contribution in [1.29, 1.82) is 0 Å². The van der Waals surface area contributed by atoms with Crippen LogP contribution in [0.1, 0.15) is 51.4 Å². The predicted molar refractivity (Wildman–Crippen MR) is 126 cm³/mol. The summed E-state index contributed by atoms with van der Waals surface area (Å²) in [4.78, 5) is 32.7. The van der Waals surface area contributed by atoms with E-state index in [2.05, 4.69) is 15.6 Å². The molecule has 0 radical (unpaired) electrons. The maximum absolute atomic E-state index is 12.8. The summed E-state index contributed by atoms with van der Waals surface area (Å²) in [5, 5.41) is 7.03. The van der Waals surface area contributed by atoms with E-state index in [0.29, 0.717) is 24.5 Å². The molecule has 8 heteroatoms. The third kappa shape index (κ3) is 5.76. The average molecular weight is 519 g/mol. The van der Waals surface area contributed by atoms with Crippen LogP contribution in [-0.4, -0.2) is 74.9 Å². The van der Waals surface area contributed by atoms with E-state index >= 15 is 0 Å². The summed E-state index contributed by atoms with van der Waals surface area (Å²) in [5.74, 6) is 2.41. The number of fused-ring (bicyclic) bond motifs is 2. The molecule has 2 amide bonds. The molecule has 3 aliphatic rings. The number of carbonyl (C=O) groups excluding carboxylic acids is 2. The first kappa shape index (κ1) is 24.2. The SMILES string of the molecule is CN(C)C(=O)CN=C(NCC1(C(=O)N(C)C)CCCC1)NC1CC2CCC1C2.I. The van der Waals surface area contributed by atoms with Gasteiger partial charge in [0.15, 0.2) is 5.96 Å². The molecular weight excluding hydrogens is 481 g/mol. The number of hydrogen-bond acceptors (Lipinski definition) is 3. The lowest BCUT2D eigenvalue weighted by molar-refractivity contribution is -0.138. The van der Waals surface area contributed by atoms with Gasteiger partial charge in [0.05, 0.1) is 5.41 Å². The first-order valence-corrected chi connectivity index (χ1v) is 10.8. The number of rotatable bonds is 6. The van der Waals surface area contributed by atoms with E-state index in [0.717, 1.165) is 31.6 Å². The minimum Gasteiger partial charge on any atom is -0.355 e. The fraction of sp³-hybridized carbons (Fsp3) is 0.857. The molecule has 0 aromatic heterocycles. The summed E-state index contributed by atoms with van der Waals surface area (Å²) in [7, 11) is 7.16. The van der Waals surface area contributed by atoms with Gasteiger partial charge in [-0.2, -0.15) is 0 Å². The van der Waals surface area contributed by atoms with Crippen molar-refractivity contribution in [2.75, 3.05) is 41.3 Å². The second kappa shape index (κ2) is 10.3. The van der Waals surface area contributed by atoms with Gasteiger partial charge in [-0.25, -0.2) is 4.99 Å². The third-order valence-corrected chi connectivity index (χ3v) is 6.95. The van der Waals surface area contributed by atoms with E-state index < -0.39 is 0 Å². The van der Waals surface area contributed by atoms with Gasteiger partial charge in [-0.05, 0) is 43.9 Å². The Hall–Kier alpha value is -1.06. The van der Waals surface area contributed by atoms with E-state index in [1.54, 1.807) is 23.9 Å². The molecule has 3 aliphatic carbocycles. The van der Waals surface area contributed by atoms with Crippen molar-refractivity contribution in [2.24, 2.45) is 22.2 Å². The number of carbonyl (C=O) groups is 2. The van der Waals surface area contributed by atoms with Gasteiger partial charge in [-0.1, -0.05) is 19.3 Å². The van der Waals surface area contributed by atoms with Crippen LogP contribution >= 0.6 is 24.0 Å². The number of halogens is 1. The quantitative estimate of drug-likeness (QED) is 0.320. The van der Waals surface area contributed by atoms with Gasteiger partial charge in [0.25, 0.3) is 0 Å². The number of aliphatic imine (C=N–C) groups is 1. The predicted octanol–water partition coefficient (Wildman–Crippen LogP) is 2.06. The van der Waals surface area contributed by atoms with Crippen LogP contribution in [0.15, 0.2) is 4.99 Å². The van der Waals surface area contributed by atoms with Crippen molar-refractivity contribution in [2.45, 2.75) is 57.4 Å². The Balaban J connectivity index is 0.00000300. The molecule has 166 valence electrons. The lowest BCUT2D eigenvalue weighted by Gasteiger charge is -2.32. The topological polar surface area (TPSA) is 77.0 Å². The maximum atomic E-state index is 12.8. The molecule has 3 fully saturated rings. The van der Waals surface area contributed by atoms with Crippen LogP contribution in [0.4, 0.5) is 0 Å². The van der Waals surface area contributed by atoms with Crippen molar-refractivity contribution < 1.29 is 9.59 Å². The minimum atomic E-state index is -0.355. The standard InChI is InChI=1S/C21H37N5O2.HI/c1-25(2)18(27)13-22-20(24-17-12-15-7-8-16(17)11-15)23-14-21(9-5-6-10-21)19(28)26(3)4;/h15-17H,5-14H2,1-4H3,(H2,22,23,24);1H. The maximum Gasteiger partial charge on any atom is 0.243 e. The molecule has 7 nitrogen and oxygen atoms in total. The van der Waals surface area contributed by atoms with Crippen molar-refractivity contribution in [3.8, 4) is 0 Å². The molecule has 0 saturated heterocycles. The second-order valence-electron chi connectivity index (χ2n) is 9.42. The third-order valence-electron chi connectivity index (χ3n) is 6.95. The van der Waals surface area contributed by atoms with E-state index in [-0.39, 0.29) is 47.8 Å². The average Bonchev–Trinajstić information content (AvgIpc) is 3.40. The Labute approximate surface area is 192 Å². The van der Waals surface area contributed by atoms with Crippen LogP contribution < -0.4 is 10.6 Å². The van der Waals surface area contributed by atoms with Crippen LogP contribution in [0.5, 0.6) is 0 Å². The Morgan fingerprint density at radius 3 is 2.24 bits per heavy atom. The molecule has 3 rings (SSSR count). The molecule has 3 atom stereocenters. The fourth-order valence-electron chi connectivity index (χ4n) is 5.28. The number of hydrogen-bond donors (Lipinski definition) is 2. The van der Waals surface area contributed by atoms with Crippen molar-refractivity contribution in [1.82, 2.24) is 20.4 Å². The first-order chi connectivity index (χ1) is 13.3. The highest BCUT2D eigenvalue weighted by molar-refractivity contribution is 14.0. The smallest absolute Gasteiger partial charge is 0.243 e. The first-order valence-electron chi connectivity index (χ1n) is 10.8. The van der Waals surface area contributed by atoms with Gasteiger partial charge < -0.3 is 20.4 Å². The van der Waals surface area contributed by atoms with Crippen LogP contribution in [0, 0.1) is 17.3 Å². The number of guanidine groups is 1. The summed E-state index contributed by atoms with van der Waals surface area (Å²) in [6.07, 6.45) is 9.14. The Bertz CT molecular complexity index is 616. The number of nitrogens with one attached hydrogen (secondary N) is 2. The number of nitrogens with zero attached hydrogens (tertiary/aromatic N) is 3. The number of likely N-dealkylation sites (N-methyl/N-ethyl adjacent to an activating group) is 1. The monoisotopic (exact) mass is 519 g/mol. The van der Waals surface area contributed by atoms with E-state index in [4.69, 9.17) is 0 Å². The molecule has 3 unspecified atom stereocenters. The van der Waals surface area contributed by atoms with Crippen LogP contribution in [-0.2, 0) is 9.59 Å². The van der Waals surface area contributed by atoms with Gasteiger partial charge in [0.1, 0.15) is 6.54 Å². The summed E-state index contributed by atoms with van der Waals surface area (Å²) >= 11 is 0. The summed E-state index contributed by atoms with van der Waals surface area (Å²) in [6.45, 7) is 0.699. The Morgan fingerprint density at radius 1 is 1.03 bits per heavy atom. The van der Waals surface area contributed by atoms with E-state index in [9.17, 15) is 9.59 Å². The molecule has 0 spiro atoms. The van der Waals surface area contributed by atoms with Gasteiger partial charge in [-0.3, -0.25) is 9.59 Å². The molecular formula is C21H38IN5O2. The largest absolute Gasteiger partial charge is 0.355 e. The van der Waals surface area contributed by atoms with Gasteiger partial charge >= 0.3 is 0 Å². The molecule has 0 aromatic rings. The summed E-state index contributed by atoms with van der Waals surface area (Å²) in [6, 6.07) is 0.434.